The van der Waals surface area contributed by atoms with Gasteiger partial charge in [-0.05, 0) is 30.7 Å². The molecule has 1 atom stereocenters. The lowest BCUT2D eigenvalue weighted by Gasteiger charge is -2.19. The van der Waals surface area contributed by atoms with Gasteiger partial charge in [-0.1, -0.05) is 26.0 Å². The molecule has 0 saturated carbocycles. The van der Waals surface area contributed by atoms with E-state index in [0.717, 1.165) is 30.7 Å². The zero-order chi connectivity index (χ0) is 14.3. The highest BCUT2D eigenvalue weighted by Crippen LogP contribution is 2.29. The lowest BCUT2D eigenvalue weighted by Crippen LogP contribution is -2.25. The van der Waals surface area contributed by atoms with Crippen LogP contribution in [0, 0.1) is 0 Å². The lowest BCUT2D eigenvalue weighted by molar-refractivity contribution is -0.137. The number of hydrogen-bond donors (Lipinski definition) is 1. The van der Waals surface area contributed by atoms with Gasteiger partial charge < -0.3 is 10.1 Å². The lowest BCUT2D eigenvalue weighted by atomic mass is 10.1. The molecule has 0 aromatic heterocycles. The van der Waals surface area contributed by atoms with Gasteiger partial charge in [0.2, 0.25) is 0 Å². The summed E-state index contributed by atoms with van der Waals surface area (Å²) >= 11 is 0. The van der Waals surface area contributed by atoms with Gasteiger partial charge in [0.25, 0.3) is 0 Å². The fourth-order valence-corrected chi connectivity index (χ4v) is 1.77. The smallest absolute Gasteiger partial charge is 0.379 e. The van der Waals surface area contributed by atoms with Gasteiger partial charge in [-0.2, -0.15) is 13.2 Å². The molecule has 108 valence electrons. The molecule has 0 bridgehead atoms. The van der Waals surface area contributed by atoms with Crippen LogP contribution in [0.5, 0.6) is 0 Å². The fraction of sp³-hybridized carbons (Fsp3) is 0.571. The SMILES string of the molecule is CCCOCC(NCC)c1ccc(C(F)(F)F)cc1. The van der Waals surface area contributed by atoms with Crippen molar-refractivity contribution in [2.75, 3.05) is 19.8 Å². The number of alkyl halides is 3. The predicted octanol–water partition coefficient (Wildman–Crippen LogP) is 3.78. The minimum Gasteiger partial charge on any atom is -0.379 e. The Morgan fingerprint density at radius 3 is 2.26 bits per heavy atom. The van der Waals surface area contributed by atoms with Crippen LogP contribution >= 0.6 is 0 Å². The van der Waals surface area contributed by atoms with Crippen molar-refractivity contribution in [3.8, 4) is 0 Å². The normalized spacial score (nSPS) is 13.5. The van der Waals surface area contributed by atoms with E-state index in [0.29, 0.717) is 13.2 Å². The van der Waals surface area contributed by atoms with Crippen LogP contribution in [0.25, 0.3) is 0 Å². The predicted molar refractivity (Wildman–Crippen MR) is 69.0 cm³/mol. The maximum Gasteiger partial charge on any atom is 0.416 e. The van der Waals surface area contributed by atoms with Crippen molar-refractivity contribution in [2.45, 2.75) is 32.5 Å². The van der Waals surface area contributed by atoms with E-state index >= 15 is 0 Å². The number of benzene rings is 1. The third-order valence-electron chi connectivity index (χ3n) is 2.72. The number of likely N-dealkylation sites (N-methyl/N-ethyl adjacent to an activating group) is 1. The highest BCUT2D eigenvalue weighted by atomic mass is 19.4. The molecule has 0 aliphatic heterocycles. The van der Waals surface area contributed by atoms with Gasteiger partial charge in [0.15, 0.2) is 0 Å². The van der Waals surface area contributed by atoms with Crippen LogP contribution in [0.15, 0.2) is 24.3 Å². The fourth-order valence-electron chi connectivity index (χ4n) is 1.77. The molecule has 0 aliphatic rings. The van der Waals surface area contributed by atoms with Gasteiger partial charge in [0.05, 0.1) is 18.2 Å². The summed E-state index contributed by atoms with van der Waals surface area (Å²) in [5.41, 5.74) is 0.187. The molecule has 1 aromatic carbocycles. The first-order valence-corrected chi connectivity index (χ1v) is 6.47. The Hall–Kier alpha value is -1.07. The average Bonchev–Trinajstić information content (AvgIpc) is 2.37. The van der Waals surface area contributed by atoms with Crippen molar-refractivity contribution in [1.82, 2.24) is 5.32 Å². The van der Waals surface area contributed by atoms with Crippen LogP contribution in [-0.4, -0.2) is 19.8 Å². The molecule has 5 heteroatoms. The third kappa shape index (κ3) is 5.20. The molecule has 1 aromatic rings. The Labute approximate surface area is 112 Å². The Kier molecular flexibility index (Phi) is 6.31. The molecule has 0 radical (unpaired) electrons. The number of nitrogens with one attached hydrogen (secondary N) is 1. The number of ether oxygens (including phenoxy) is 1. The number of rotatable bonds is 7. The molecule has 0 spiro atoms. The van der Waals surface area contributed by atoms with Crippen LogP contribution in [0.1, 0.15) is 37.4 Å². The van der Waals surface area contributed by atoms with Crippen LogP contribution in [0.4, 0.5) is 13.2 Å². The second kappa shape index (κ2) is 7.50. The van der Waals surface area contributed by atoms with Crippen molar-refractivity contribution in [3.05, 3.63) is 35.4 Å². The molecule has 2 nitrogen and oxygen atoms in total. The zero-order valence-electron chi connectivity index (χ0n) is 11.3. The quantitative estimate of drug-likeness (QED) is 0.765. The molecule has 0 saturated heterocycles. The summed E-state index contributed by atoms with van der Waals surface area (Å²) in [6, 6.07) is 5.16. The second-order valence-electron chi connectivity index (χ2n) is 4.30. The summed E-state index contributed by atoms with van der Waals surface area (Å²) in [7, 11) is 0. The van der Waals surface area contributed by atoms with Crippen LogP contribution in [0.3, 0.4) is 0 Å². The van der Waals surface area contributed by atoms with Gasteiger partial charge in [0.1, 0.15) is 0 Å². The van der Waals surface area contributed by atoms with E-state index in [1.165, 1.54) is 12.1 Å². The van der Waals surface area contributed by atoms with Gasteiger partial charge in [0, 0.05) is 6.61 Å². The van der Waals surface area contributed by atoms with Gasteiger partial charge in [-0.15, -0.1) is 0 Å². The van der Waals surface area contributed by atoms with E-state index in [4.69, 9.17) is 4.74 Å². The van der Waals surface area contributed by atoms with E-state index in [9.17, 15) is 13.2 Å². The van der Waals surface area contributed by atoms with Crippen LogP contribution < -0.4 is 5.32 Å². The highest BCUT2D eigenvalue weighted by Gasteiger charge is 2.30. The summed E-state index contributed by atoms with van der Waals surface area (Å²) in [5, 5.41) is 3.21. The Morgan fingerprint density at radius 2 is 1.79 bits per heavy atom. The van der Waals surface area contributed by atoms with Crippen molar-refractivity contribution >= 4 is 0 Å². The van der Waals surface area contributed by atoms with Crippen molar-refractivity contribution in [2.24, 2.45) is 0 Å². The first kappa shape index (κ1) is 16.0. The van der Waals surface area contributed by atoms with E-state index in [1.54, 1.807) is 0 Å². The number of halogens is 3. The van der Waals surface area contributed by atoms with Crippen LogP contribution in [0.2, 0.25) is 0 Å². The molecular formula is C14H20F3NO. The van der Waals surface area contributed by atoms with Crippen LogP contribution in [-0.2, 0) is 10.9 Å². The summed E-state index contributed by atoms with van der Waals surface area (Å²) in [5.74, 6) is 0. The molecular weight excluding hydrogens is 255 g/mol. The highest BCUT2D eigenvalue weighted by molar-refractivity contribution is 5.26. The monoisotopic (exact) mass is 275 g/mol. The van der Waals surface area contributed by atoms with Crippen molar-refractivity contribution in [1.29, 1.82) is 0 Å². The van der Waals surface area contributed by atoms with Crippen molar-refractivity contribution < 1.29 is 17.9 Å². The summed E-state index contributed by atoms with van der Waals surface area (Å²) in [6.07, 6.45) is -3.36. The Balaban J connectivity index is 2.73. The third-order valence-corrected chi connectivity index (χ3v) is 2.72. The second-order valence-corrected chi connectivity index (χ2v) is 4.30. The largest absolute Gasteiger partial charge is 0.416 e. The first-order chi connectivity index (χ1) is 8.99. The van der Waals surface area contributed by atoms with E-state index in [2.05, 4.69) is 5.32 Å². The summed E-state index contributed by atoms with van der Waals surface area (Å²) < 4.78 is 42.9. The summed E-state index contributed by atoms with van der Waals surface area (Å²) in [4.78, 5) is 0. The van der Waals surface area contributed by atoms with Gasteiger partial charge >= 0.3 is 6.18 Å². The molecule has 0 aliphatic carbocycles. The Bertz CT molecular complexity index is 362. The molecule has 0 amide bonds. The van der Waals surface area contributed by atoms with E-state index < -0.39 is 11.7 Å². The minimum absolute atomic E-state index is 0.0705. The first-order valence-electron chi connectivity index (χ1n) is 6.47. The topological polar surface area (TPSA) is 21.3 Å². The average molecular weight is 275 g/mol. The minimum atomic E-state index is -4.29. The van der Waals surface area contributed by atoms with Gasteiger partial charge in [-0.25, -0.2) is 0 Å². The van der Waals surface area contributed by atoms with Gasteiger partial charge in [-0.3, -0.25) is 0 Å². The van der Waals surface area contributed by atoms with E-state index in [-0.39, 0.29) is 6.04 Å². The molecule has 0 fully saturated rings. The Morgan fingerprint density at radius 1 is 1.16 bits per heavy atom. The van der Waals surface area contributed by atoms with E-state index in [1.807, 2.05) is 13.8 Å². The summed E-state index contributed by atoms with van der Waals surface area (Å²) in [6.45, 7) is 5.83. The molecule has 1 unspecified atom stereocenters. The maximum absolute atomic E-state index is 12.5. The number of hydrogen-bond acceptors (Lipinski definition) is 2. The molecule has 1 rings (SSSR count). The maximum atomic E-state index is 12.5. The zero-order valence-corrected chi connectivity index (χ0v) is 11.3. The molecule has 1 N–H and O–H groups in total. The standard InChI is InChI=1S/C14H20F3NO/c1-3-9-19-10-13(18-4-2)11-5-7-12(8-6-11)14(15,16)17/h5-8,13,18H,3-4,9-10H2,1-2H3. The molecule has 0 heterocycles. The van der Waals surface area contributed by atoms with Crippen molar-refractivity contribution in [3.63, 3.8) is 0 Å². The molecule has 19 heavy (non-hydrogen) atoms.